The van der Waals surface area contributed by atoms with E-state index in [0.717, 1.165) is 0 Å². The lowest BCUT2D eigenvalue weighted by Gasteiger charge is -2.13. The van der Waals surface area contributed by atoms with E-state index in [1.165, 1.54) is 42.5 Å². The van der Waals surface area contributed by atoms with Gasteiger partial charge < -0.3 is 9.64 Å². The third kappa shape index (κ3) is 2.73. The molecule has 6 heteroatoms. The normalized spacial score (nSPS) is 10.5. The van der Waals surface area contributed by atoms with E-state index >= 15 is 0 Å². The average Bonchev–Trinajstić information content (AvgIpc) is 2.83. The molecule has 0 spiro atoms. The number of benzene rings is 1. The number of halogens is 1. The van der Waals surface area contributed by atoms with Gasteiger partial charge in [0.2, 0.25) is 0 Å². The Labute approximate surface area is 113 Å². The van der Waals surface area contributed by atoms with Gasteiger partial charge in [0.05, 0.1) is 12.0 Å². The van der Waals surface area contributed by atoms with Crippen molar-refractivity contribution in [1.29, 1.82) is 0 Å². The van der Waals surface area contributed by atoms with Crippen LogP contribution < -0.4 is 0 Å². The number of amides is 1. The van der Waals surface area contributed by atoms with Crippen molar-refractivity contribution in [3.8, 4) is 0 Å². The Kier molecular flexibility index (Phi) is 3.80. The van der Waals surface area contributed by atoms with Crippen LogP contribution in [0.3, 0.4) is 0 Å². The predicted molar refractivity (Wildman–Crippen MR) is 70.8 cm³/mol. The molecular formula is C13H12FNO3S. The van der Waals surface area contributed by atoms with Gasteiger partial charge >= 0.3 is 5.97 Å². The molecule has 0 N–H and O–H groups in total. The van der Waals surface area contributed by atoms with Crippen molar-refractivity contribution in [3.63, 3.8) is 0 Å². The molecule has 0 aliphatic carbocycles. The minimum absolute atomic E-state index is 0.133. The molecule has 19 heavy (non-hydrogen) atoms. The predicted octanol–water partition coefficient (Wildman–Crippen LogP) is 2.29. The Balaban J connectivity index is 2.26. The van der Waals surface area contributed by atoms with Crippen molar-refractivity contribution < 1.29 is 18.7 Å². The second-order valence-corrected chi connectivity index (χ2v) is 5.08. The zero-order valence-corrected chi connectivity index (χ0v) is 11.3. The molecular weight excluding hydrogens is 269 g/mol. The zero-order chi connectivity index (χ0) is 14.0. The highest BCUT2D eigenvalue weighted by atomic mass is 32.1. The van der Waals surface area contributed by atoms with E-state index in [-0.39, 0.29) is 18.3 Å². The molecule has 1 aromatic carbocycles. The summed E-state index contributed by atoms with van der Waals surface area (Å²) in [5, 5.41) is 0.419. The Bertz CT molecular complexity index is 638. The van der Waals surface area contributed by atoms with Crippen molar-refractivity contribution in [1.82, 2.24) is 4.90 Å². The van der Waals surface area contributed by atoms with Crippen LogP contribution in [0.1, 0.15) is 9.67 Å². The van der Waals surface area contributed by atoms with Gasteiger partial charge in [-0.25, -0.2) is 4.39 Å². The number of esters is 1. The van der Waals surface area contributed by atoms with Crippen LogP contribution in [0.25, 0.3) is 10.1 Å². The molecule has 0 unspecified atom stereocenters. The van der Waals surface area contributed by atoms with Gasteiger partial charge in [0.25, 0.3) is 5.91 Å². The fourth-order valence-corrected chi connectivity index (χ4v) is 2.72. The first-order valence-corrected chi connectivity index (χ1v) is 6.35. The maximum absolute atomic E-state index is 13.5. The van der Waals surface area contributed by atoms with Crippen molar-refractivity contribution in [2.24, 2.45) is 0 Å². The molecule has 0 radical (unpaired) electrons. The maximum Gasteiger partial charge on any atom is 0.325 e. The maximum atomic E-state index is 13.5. The zero-order valence-electron chi connectivity index (χ0n) is 10.5. The number of likely N-dealkylation sites (N-methyl/N-ethyl adjacent to an activating group) is 1. The number of nitrogens with zero attached hydrogens (tertiary/aromatic N) is 1. The highest BCUT2D eigenvalue weighted by Crippen LogP contribution is 2.28. The first-order chi connectivity index (χ1) is 9.02. The number of thiophene rings is 1. The van der Waals surface area contributed by atoms with E-state index in [0.29, 0.717) is 15.0 Å². The van der Waals surface area contributed by atoms with E-state index < -0.39 is 5.97 Å². The summed E-state index contributed by atoms with van der Waals surface area (Å²) in [5.41, 5.74) is 0. The van der Waals surface area contributed by atoms with E-state index in [1.54, 1.807) is 12.1 Å². The molecule has 0 fully saturated rings. The van der Waals surface area contributed by atoms with Crippen LogP contribution in [0.4, 0.5) is 4.39 Å². The van der Waals surface area contributed by atoms with E-state index in [4.69, 9.17) is 0 Å². The van der Waals surface area contributed by atoms with Gasteiger partial charge in [-0.15, -0.1) is 11.3 Å². The average molecular weight is 281 g/mol. The van der Waals surface area contributed by atoms with Crippen LogP contribution >= 0.6 is 11.3 Å². The first kappa shape index (κ1) is 13.5. The molecule has 1 amide bonds. The molecule has 0 saturated heterocycles. The van der Waals surface area contributed by atoms with E-state index in [2.05, 4.69) is 4.74 Å². The van der Waals surface area contributed by atoms with Crippen LogP contribution in [-0.2, 0) is 9.53 Å². The first-order valence-electron chi connectivity index (χ1n) is 5.53. The quantitative estimate of drug-likeness (QED) is 0.811. The summed E-state index contributed by atoms with van der Waals surface area (Å²) in [6, 6.07) is 6.20. The summed E-state index contributed by atoms with van der Waals surface area (Å²) in [5.74, 6) is -1.18. The fraction of sp³-hybridized carbons (Fsp3) is 0.231. The van der Waals surface area contributed by atoms with Crippen LogP contribution in [0.2, 0.25) is 0 Å². The molecule has 0 bridgehead atoms. The summed E-state index contributed by atoms with van der Waals surface area (Å²) in [6.07, 6.45) is 0. The molecule has 0 aliphatic rings. The summed E-state index contributed by atoms with van der Waals surface area (Å²) < 4.78 is 18.7. The Morgan fingerprint density at radius 2 is 2.16 bits per heavy atom. The molecule has 100 valence electrons. The van der Waals surface area contributed by atoms with Gasteiger partial charge in [-0.3, -0.25) is 9.59 Å². The SMILES string of the molecule is COC(=O)CN(C)C(=O)c1cc2c(F)cccc2s1. The summed E-state index contributed by atoms with van der Waals surface area (Å²) >= 11 is 1.20. The summed E-state index contributed by atoms with van der Waals surface area (Å²) in [4.78, 5) is 24.8. The topological polar surface area (TPSA) is 46.6 Å². The van der Waals surface area contributed by atoms with Crippen LogP contribution in [0.5, 0.6) is 0 Å². The lowest BCUT2D eigenvalue weighted by molar-refractivity contribution is -0.141. The molecule has 1 aromatic heterocycles. The Hall–Kier alpha value is -1.95. The van der Waals surface area contributed by atoms with Gasteiger partial charge in [0, 0.05) is 17.1 Å². The number of rotatable bonds is 3. The third-order valence-electron chi connectivity index (χ3n) is 2.66. The number of carbonyl (C=O) groups excluding carboxylic acids is 2. The third-order valence-corrected chi connectivity index (χ3v) is 3.75. The number of ether oxygens (including phenoxy) is 1. The standard InChI is InChI=1S/C13H12FNO3S/c1-15(7-12(16)18-2)13(17)11-6-8-9(14)4-3-5-10(8)19-11/h3-6H,7H2,1-2H3. The Morgan fingerprint density at radius 3 is 2.79 bits per heavy atom. The highest BCUT2D eigenvalue weighted by Gasteiger charge is 2.18. The largest absolute Gasteiger partial charge is 0.468 e. The lowest BCUT2D eigenvalue weighted by Crippen LogP contribution is -2.32. The second kappa shape index (κ2) is 5.36. The lowest BCUT2D eigenvalue weighted by atomic mass is 10.2. The van der Waals surface area contributed by atoms with Crippen LogP contribution in [-0.4, -0.2) is 37.5 Å². The minimum Gasteiger partial charge on any atom is -0.468 e. The molecule has 0 atom stereocenters. The molecule has 1 heterocycles. The summed E-state index contributed by atoms with van der Waals surface area (Å²) in [7, 11) is 2.76. The van der Waals surface area contributed by atoms with Crippen LogP contribution in [0.15, 0.2) is 24.3 Å². The number of hydrogen-bond donors (Lipinski definition) is 0. The summed E-state index contributed by atoms with van der Waals surface area (Å²) in [6.45, 7) is -0.133. The number of carbonyl (C=O) groups is 2. The fourth-order valence-electron chi connectivity index (χ4n) is 1.65. The van der Waals surface area contributed by atoms with Gasteiger partial charge in [-0.1, -0.05) is 6.07 Å². The highest BCUT2D eigenvalue weighted by molar-refractivity contribution is 7.20. The minimum atomic E-state index is -0.497. The van der Waals surface area contributed by atoms with Gasteiger partial charge in [0.1, 0.15) is 12.4 Å². The molecule has 4 nitrogen and oxygen atoms in total. The van der Waals surface area contributed by atoms with Crippen LogP contribution in [0, 0.1) is 5.82 Å². The van der Waals surface area contributed by atoms with E-state index in [1.807, 2.05) is 0 Å². The van der Waals surface area contributed by atoms with Gasteiger partial charge in [-0.2, -0.15) is 0 Å². The van der Waals surface area contributed by atoms with Crippen molar-refractivity contribution in [3.05, 3.63) is 35.0 Å². The number of methoxy groups -OCH3 is 1. The van der Waals surface area contributed by atoms with Crippen molar-refractivity contribution in [2.75, 3.05) is 20.7 Å². The Morgan fingerprint density at radius 1 is 1.42 bits per heavy atom. The smallest absolute Gasteiger partial charge is 0.325 e. The molecule has 2 aromatic rings. The number of hydrogen-bond acceptors (Lipinski definition) is 4. The molecule has 0 aliphatic heterocycles. The van der Waals surface area contributed by atoms with Crippen molar-refractivity contribution in [2.45, 2.75) is 0 Å². The monoisotopic (exact) mass is 281 g/mol. The molecule has 2 rings (SSSR count). The van der Waals surface area contributed by atoms with Crippen molar-refractivity contribution >= 4 is 33.3 Å². The van der Waals surface area contributed by atoms with Gasteiger partial charge in [-0.05, 0) is 18.2 Å². The van der Waals surface area contributed by atoms with Gasteiger partial charge in [0.15, 0.2) is 0 Å². The molecule has 0 saturated carbocycles. The number of fused-ring (bicyclic) bond motifs is 1. The second-order valence-electron chi connectivity index (χ2n) is 4.00. The van der Waals surface area contributed by atoms with E-state index in [9.17, 15) is 14.0 Å².